The van der Waals surface area contributed by atoms with E-state index in [0.717, 1.165) is 37.5 Å². The number of rotatable bonds is 12. The van der Waals surface area contributed by atoms with E-state index < -0.39 is 0 Å². The molecule has 49 heavy (non-hydrogen) atoms. The van der Waals surface area contributed by atoms with Gasteiger partial charge in [0.25, 0.3) is 0 Å². The van der Waals surface area contributed by atoms with Gasteiger partial charge in [0, 0.05) is 49.1 Å². The van der Waals surface area contributed by atoms with Crippen molar-refractivity contribution in [2.45, 2.75) is 153 Å². The third kappa shape index (κ3) is 7.11. The Balaban J connectivity index is 0.702. The van der Waals surface area contributed by atoms with Crippen LogP contribution in [0, 0.1) is 17.3 Å². The molecule has 2 saturated carbocycles. The molecule has 0 aromatic heterocycles. The van der Waals surface area contributed by atoms with E-state index in [0.29, 0.717) is 37.0 Å². The second-order valence-electron chi connectivity index (χ2n) is 17.6. The molecular weight excluding hydrogens is 604 g/mol. The van der Waals surface area contributed by atoms with Crippen LogP contribution in [0.4, 0.5) is 0 Å². The molecule has 2 aliphatic carbocycles. The molecule has 4 heterocycles. The maximum atomic E-state index is 13.1. The largest absolute Gasteiger partial charge is 0.353 e. The topological polar surface area (TPSA) is 64.7 Å². The lowest BCUT2D eigenvalue weighted by atomic mass is 9.82. The van der Waals surface area contributed by atoms with Crippen LogP contribution in [-0.4, -0.2) is 46.8 Å². The standard InChI is InChI=1S/C43H60N4O2/c1-43(2,27-41(48)44-31-15-11-29(12-16-31)23-25-46-37-19-20-38(46)34-8-4-3-7-33(34)37)28-42(49)45-32-17-13-30(14-18-32)24-26-47-39-21-22-40(47)36-10-6-5-9-35(36)39/h3-10,29-32,37-40H,11-28H2,1-2H3,(H,44,48)(H,45,49). The SMILES string of the molecule is CC(C)(CC(=O)NC1CCC(CCN2C3CCC2c2ccccc23)CC1)CC(=O)NC1CCC(CCN2C3CCC2c2ccccc23)CC1. The van der Waals surface area contributed by atoms with Gasteiger partial charge < -0.3 is 10.6 Å². The van der Waals surface area contributed by atoms with E-state index in [4.69, 9.17) is 0 Å². The number of benzene rings is 2. The van der Waals surface area contributed by atoms with Gasteiger partial charge in [0.15, 0.2) is 0 Å². The highest BCUT2D eigenvalue weighted by Gasteiger charge is 2.44. The van der Waals surface area contributed by atoms with Crippen LogP contribution in [0.1, 0.15) is 163 Å². The molecule has 4 unspecified atom stereocenters. The fraction of sp³-hybridized carbons (Fsp3) is 0.674. The number of nitrogens with one attached hydrogen (secondary N) is 2. The summed E-state index contributed by atoms with van der Waals surface area (Å²) in [4.78, 5) is 31.8. The van der Waals surface area contributed by atoms with E-state index in [1.807, 2.05) is 0 Å². The van der Waals surface area contributed by atoms with Crippen molar-refractivity contribution in [3.63, 3.8) is 0 Å². The third-order valence-electron chi connectivity index (χ3n) is 13.7. The third-order valence-corrected chi connectivity index (χ3v) is 13.7. The smallest absolute Gasteiger partial charge is 0.220 e. The van der Waals surface area contributed by atoms with Crippen molar-refractivity contribution in [1.82, 2.24) is 20.4 Å². The van der Waals surface area contributed by atoms with E-state index in [1.165, 1.54) is 77.3 Å². The Labute approximate surface area is 295 Å². The summed E-state index contributed by atoms with van der Waals surface area (Å²) in [6.07, 6.45) is 17.8. The van der Waals surface area contributed by atoms with Gasteiger partial charge in [-0.25, -0.2) is 0 Å². The number of fused-ring (bicyclic) bond motifs is 10. The zero-order valence-electron chi connectivity index (χ0n) is 30.2. The monoisotopic (exact) mass is 664 g/mol. The van der Waals surface area contributed by atoms with E-state index in [-0.39, 0.29) is 29.3 Å². The number of carbonyl (C=O) groups is 2. The second kappa shape index (κ2) is 14.1. The Bertz CT molecular complexity index is 1320. The zero-order chi connectivity index (χ0) is 33.5. The van der Waals surface area contributed by atoms with Gasteiger partial charge in [-0.1, -0.05) is 62.4 Å². The number of nitrogens with zero attached hydrogens (tertiary/aromatic N) is 2. The lowest BCUT2D eigenvalue weighted by Crippen LogP contribution is -2.42. The lowest BCUT2D eigenvalue weighted by Gasteiger charge is -2.33. The summed E-state index contributed by atoms with van der Waals surface area (Å²) in [5.41, 5.74) is 5.97. The molecule has 2 aromatic carbocycles. The van der Waals surface area contributed by atoms with Crippen molar-refractivity contribution in [2.24, 2.45) is 17.3 Å². The molecule has 0 spiro atoms. The molecule has 2 saturated heterocycles. The van der Waals surface area contributed by atoms with Crippen molar-refractivity contribution in [1.29, 1.82) is 0 Å². The molecule has 6 heteroatoms. The first-order valence-electron chi connectivity index (χ1n) is 20.1. The van der Waals surface area contributed by atoms with E-state index in [1.54, 1.807) is 22.3 Å². The van der Waals surface area contributed by atoms with Crippen LogP contribution in [0.25, 0.3) is 0 Å². The summed E-state index contributed by atoms with van der Waals surface area (Å²) in [5.74, 6) is 1.76. The molecule has 264 valence electrons. The molecule has 6 aliphatic rings. The van der Waals surface area contributed by atoms with Gasteiger partial charge in [-0.15, -0.1) is 0 Å². The Morgan fingerprint density at radius 2 is 0.878 bits per heavy atom. The molecule has 4 fully saturated rings. The Morgan fingerprint density at radius 3 is 1.20 bits per heavy atom. The first-order chi connectivity index (χ1) is 23.8. The van der Waals surface area contributed by atoms with Gasteiger partial charge in [-0.2, -0.15) is 0 Å². The van der Waals surface area contributed by atoms with Crippen LogP contribution < -0.4 is 10.6 Å². The predicted molar refractivity (Wildman–Crippen MR) is 196 cm³/mol. The van der Waals surface area contributed by atoms with Crippen molar-refractivity contribution >= 4 is 11.8 Å². The summed E-state index contributed by atoms with van der Waals surface area (Å²) in [6, 6.07) is 21.3. The van der Waals surface area contributed by atoms with Crippen LogP contribution in [0.2, 0.25) is 0 Å². The highest BCUT2D eigenvalue weighted by atomic mass is 16.2. The van der Waals surface area contributed by atoms with Crippen LogP contribution in [0.3, 0.4) is 0 Å². The minimum Gasteiger partial charge on any atom is -0.353 e. The Kier molecular flexibility index (Phi) is 9.65. The normalized spacial score (nSPS) is 32.2. The maximum absolute atomic E-state index is 13.1. The molecule has 0 radical (unpaired) electrons. The van der Waals surface area contributed by atoms with Crippen LogP contribution in [0.15, 0.2) is 48.5 Å². The van der Waals surface area contributed by atoms with Crippen molar-refractivity contribution in [2.75, 3.05) is 13.1 Å². The van der Waals surface area contributed by atoms with E-state index >= 15 is 0 Å². The molecule has 2 N–H and O–H groups in total. The first-order valence-corrected chi connectivity index (χ1v) is 20.1. The van der Waals surface area contributed by atoms with Gasteiger partial charge in [-0.3, -0.25) is 19.4 Å². The van der Waals surface area contributed by atoms with Crippen molar-refractivity contribution in [3.05, 3.63) is 70.8 Å². The lowest BCUT2D eigenvalue weighted by molar-refractivity contribution is -0.127. The minimum atomic E-state index is -0.345. The zero-order valence-corrected chi connectivity index (χ0v) is 30.2. The molecule has 8 rings (SSSR count). The summed E-state index contributed by atoms with van der Waals surface area (Å²) in [7, 11) is 0. The van der Waals surface area contributed by atoms with Crippen molar-refractivity contribution in [3.8, 4) is 0 Å². The Hall–Kier alpha value is -2.70. The number of carbonyl (C=O) groups excluding carboxylic acids is 2. The molecule has 4 aliphatic heterocycles. The highest BCUT2D eigenvalue weighted by Crippen LogP contribution is 2.54. The van der Waals surface area contributed by atoms with Crippen molar-refractivity contribution < 1.29 is 9.59 Å². The van der Waals surface area contributed by atoms with E-state index in [2.05, 4.69) is 82.8 Å². The molecular formula is C43H60N4O2. The number of amides is 2. The summed E-state index contributed by atoms with van der Waals surface area (Å²) in [6.45, 7) is 6.57. The molecule has 2 aromatic rings. The quantitative estimate of drug-likeness (QED) is 0.238. The van der Waals surface area contributed by atoms with Gasteiger partial charge in [-0.05, 0) is 142 Å². The van der Waals surface area contributed by atoms with Gasteiger partial charge in [0.05, 0.1) is 0 Å². The predicted octanol–water partition coefficient (Wildman–Crippen LogP) is 8.71. The van der Waals surface area contributed by atoms with Crippen LogP contribution in [-0.2, 0) is 9.59 Å². The first kappa shape index (κ1) is 33.4. The summed E-state index contributed by atoms with van der Waals surface area (Å²) >= 11 is 0. The van der Waals surface area contributed by atoms with E-state index in [9.17, 15) is 9.59 Å². The molecule has 4 bridgehead atoms. The fourth-order valence-electron chi connectivity index (χ4n) is 11.3. The molecule has 4 atom stereocenters. The Morgan fingerprint density at radius 1 is 0.551 bits per heavy atom. The maximum Gasteiger partial charge on any atom is 0.220 e. The van der Waals surface area contributed by atoms with Gasteiger partial charge in [0.2, 0.25) is 11.8 Å². The number of hydrogen-bond donors (Lipinski definition) is 2. The summed E-state index contributed by atoms with van der Waals surface area (Å²) < 4.78 is 0. The van der Waals surface area contributed by atoms with Gasteiger partial charge >= 0.3 is 0 Å². The average Bonchev–Trinajstić information content (AvgIpc) is 3.85. The number of hydrogen-bond acceptors (Lipinski definition) is 4. The van der Waals surface area contributed by atoms with Crippen LogP contribution >= 0.6 is 0 Å². The second-order valence-corrected chi connectivity index (χ2v) is 17.6. The summed E-state index contributed by atoms with van der Waals surface area (Å²) in [5, 5.41) is 6.70. The fourth-order valence-corrected chi connectivity index (χ4v) is 11.3. The average molecular weight is 665 g/mol. The molecule has 2 amide bonds. The van der Waals surface area contributed by atoms with Crippen LogP contribution in [0.5, 0.6) is 0 Å². The molecule has 6 nitrogen and oxygen atoms in total. The van der Waals surface area contributed by atoms with Gasteiger partial charge in [0.1, 0.15) is 0 Å². The minimum absolute atomic E-state index is 0.114. The highest BCUT2D eigenvalue weighted by molar-refractivity contribution is 5.80.